The lowest BCUT2D eigenvalue weighted by molar-refractivity contribution is 0.343. The first-order valence-electron chi connectivity index (χ1n) is 5.28. The van der Waals surface area contributed by atoms with E-state index in [0.717, 1.165) is 11.6 Å². The van der Waals surface area contributed by atoms with Gasteiger partial charge in [0.25, 0.3) is 0 Å². The average molecular weight is 221 g/mol. The molecule has 16 heavy (non-hydrogen) atoms. The van der Waals surface area contributed by atoms with Crippen molar-refractivity contribution in [1.82, 2.24) is 9.97 Å². The molecule has 0 unspecified atom stereocenters. The lowest BCUT2D eigenvalue weighted by Gasteiger charge is -2.18. The van der Waals surface area contributed by atoms with Crippen LogP contribution in [0, 0.1) is 0 Å². The fourth-order valence-corrected chi connectivity index (χ4v) is 1.11. The van der Waals surface area contributed by atoms with Gasteiger partial charge in [-0.2, -0.15) is 4.98 Å². The molecule has 0 atom stereocenters. The van der Waals surface area contributed by atoms with Gasteiger partial charge in [-0.25, -0.2) is 4.98 Å². The highest BCUT2D eigenvalue weighted by atomic mass is 16.5. The minimum atomic E-state index is -0.0981. The van der Waals surface area contributed by atoms with E-state index in [9.17, 15) is 0 Å². The summed E-state index contributed by atoms with van der Waals surface area (Å²) in [4.78, 5) is 8.77. The summed E-state index contributed by atoms with van der Waals surface area (Å²) in [5, 5.41) is 3.00. The van der Waals surface area contributed by atoms with Crippen LogP contribution < -0.4 is 10.1 Å². The summed E-state index contributed by atoms with van der Waals surface area (Å²) >= 11 is 0. The molecule has 0 aliphatic heterocycles. The van der Waals surface area contributed by atoms with E-state index >= 15 is 0 Å². The highest BCUT2D eigenvalue weighted by Gasteiger charge is 2.19. The molecule has 4 heteroatoms. The standard InChI is InChI=1S/C12H19N3O/c1-6-7-16-10-8-9(13-5)14-11(15-10)12(2,3)4/h6,8H,1,7H2,2-5H3,(H,13,14,15). The van der Waals surface area contributed by atoms with Crippen LogP contribution in [0.5, 0.6) is 5.88 Å². The Morgan fingerprint density at radius 2 is 2.12 bits per heavy atom. The fraction of sp³-hybridized carbons (Fsp3) is 0.500. The van der Waals surface area contributed by atoms with E-state index < -0.39 is 0 Å². The van der Waals surface area contributed by atoms with Crippen molar-refractivity contribution in [3.05, 3.63) is 24.5 Å². The third-order valence-electron chi connectivity index (χ3n) is 1.98. The van der Waals surface area contributed by atoms with E-state index in [-0.39, 0.29) is 5.41 Å². The van der Waals surface area contributed by atoms with Crippen LogP contribution in [0.15, 0.2) is 18.7 Å². The molecule has 0 fully saturated rings. The molecule has 0 amide bonds. The third-order valence-corrected chi connectivity index (χ3v) is 1.98. The zero-order chi connectivity index (χ0) is 12.2. The predicted molar refractivity (Wildman–Crippen MR) is 66.0 cm³/mol. The van der Waals surface area contributed by atoms with Crippen LogP contribution in [0.25, 0.3) is 0 Å². The van der Waals surface area contributed by atoms with E-state index in [1.807, 2.05) is 7.05 Å². The number of hydrogen-bond acceptors (Lipinski definition) is 4. The van der Waals surface area contributed by atoms with Crippen LogP contribution in [0.1, 0.15) is 26.6 Å². The Kier molecular flexibility index (Phi) is 3.88. The molecule has 0 bridgehead atoms. The van der Waals surface area contributed by atoms with Gasteiger partial charge >= 0.3 is 0 Å². The van der Waals surface area contributed by atoms with Gasteiger partial charge in [0.2, 0.25) is 5.88 Å². The summed E-state index contributed by atoms with van der Waals surface area (Å²) in [6.45, 7) is 10.3. The molecule has 0 aromatic carbocycles. The van der Waals surface area contributed by atoms with E-state index in [0.29, 0.717) is 12.5 Å². The summed E-state index contributed by atoms with van der Waals surface area (Å²) in [6, 6.07) is 1.78. The maximum atomic E-state index is 5.42. The number of rotatable bonds is 4. The SMILES string of the molecule is C=CCOc1cc(NC)nc(C(C)(C)C)n1. The Balaban J connectivity index is 3.05. The molecule has 0 saturated heterocycles. The first-order valence-corrected chi connectivity index (χ1v) is 5.28. The van der Waals surface area contributed by atoms with Crippen molar-refractivity contribution < 1.29 is 4.74 Å². The molecular weight excluding hydrogens is 202 g/mol. The Labute approximate surface area is 96.8 Å². The topological polar surface area (TPSA) is 47.0 Å². The Bertz CT molecular complexity index is 369. The van der Waals surface area contributed by atoms with Crippen molar-refractivity contribution in [2.75, 3.05) is 19.0 Å². The highest BCUT2D eigenvalue weighted by molar-refractivity contribution is 5.38. The van der Waals surface area contributed by atoms with Crippen LogP contribution >= 0.6 is 0 Å². The Hall–Kier alpha value is -1.58. The summed E-state index contributed by atoms with van der Waals surface area (Å²) in [5.74, 6) is 2.10. The molecule has 0 radical (unpaired) electrons. The second kappa shape index (κ2) is 4.96. The average Bonchev–Trinajstić information content (AvgIpc) is 2.24. The van der Waals surface area contributed by atoms with Gasteiger partial charge in [0.05, 0.1) is 0 Å². The Morgan fingerprint density at radius 1 is 1.44 bits per heavy atom. The number of hydrogen-bond donors (Lipinski definition) is 1. The molecule has 1 aromatic heterocycles. The zero-order valence-electron chi connectivity index (χ0n) is 10.4. The number of ether oxygens (including phenoxy) is 1. The van der Waals surface area contributed by atoms with E-state index in [2.05, 4.69) is 42.6 Å². The zero-order valence-corrected chi connectivity index (χ0v) is 10.4. The molecule has 0 aliphatic carbocycles. The van der Waals surface area contributed by atoms with Gasteiger partial charge < -0.3 is 10.1 Å². The smallest absolute Gasteiger partial charge is 0.219 e. The second-order valence-electron chi connectivity index (χ2n) is 4.51. The number of anilines is 1. The summed E-state index contributed by atoms with van der Waals surface area (Å²) < 4.78 is 5.42. The van der Waals surface area contributed by atoms with Gasteiger partial charge in [0.1, 0.15) is 18.2 Å². The minimum Gasteiger partial charge on any atom is -0.473 e. The number of nitrogens with zero attached hydrogens (tertiary/aromatic N) is 2. The van der Waals surface area contributed by atoms with Crippen molar-refractivity contribution in [2.24, 2.45) is 0 Å². The van der Waals surface area contributed by atoms with Crippen molar-refractivity contribution in [2.45, 2.75) is 26.2 Å². The molecule has 1 rings (SSSR count). The molecule has 0 saturated carbocycles. The van der Waals surface area contributed by atoms with Gasteiger partial charge in [-0.1, -0.05) is 33.4 Å². The van der Waals surface area contributed by atoms with Gasteiger partial charge in [-0.3, -0.25) is 0 Å². The molecule has 1 N–H and O–H groups in total. The maximum Gasteiger partial charge on any atom is 0.219 e. The fourth-order valence-electron chi connectivity index (χ4n) is 1.11. The third kappa shape index (κ3) is 3.22. The lowest BCUT2D eigenvalue weighted by Crippen LogP contribution is -2.17. The minimum absolute atomic E-state index is 0.0981. The van der Waals surface area contributed by atoms with E-state index in [1.54, 1.807) is 12.1 Å². The van der Waals surface area contributed by atoms with Crippen molar-refractivity contribution >= 4 is 5.82 Å². The normalized spacial score (nSPS) is 11.0. The van der Waals surface area contributed by atoms with Gasteiger partial charge in [-0.15, -0.1) is 0 Å². The number of aromatic nitrogens is 2. The second-order valence-corrected chi connectivity index (χ2v) is 4.51. The van der Waals surface area contributed by atoms with Gasteiger partial charge in [0.15, 0.2) is 0 Å². The van der Waals surface area contributed by atoms with Gasteiger partial charge in [-0.05, 0) is 0 Å². The summed E-state index contributed by atoms with van der Waals surface area (Å²) in [7, 11) is 1.83. The van der Waals surface area contributed by atoms with Gasteiger partial charge in [0, 0.05) is 18.5 Å². The molecule has 0 spiro atoms. The van der Waals surface area contributed by atoms with Crippen LogP contribution in [-0.2, 0) is 5.41 Å². The predicted octanol–water partition coefficient (Wildman–Crippen LogP) is 2.38. The van der Waals surface area contributed by atoms with Crippen LogP contribution in [0.3, 0.4) is 0 Å². The molecule has 88 valence electrons. The quantitative estimate of drug-likeness (QED) is 0.793. The maximum absolute atomic E-state index is 5.42. The molecule has 4 nitrogen and oxygen atoms in total. The molecular formula is C12H19N3O. The van der Waals surface area contributed by atoms with Crippen molar-refractivity contribution in [3.8, 4) is 5.88 Å². The number of nitrogens with one attached hydrogen (secondary N) is 1. The largest absolute Gasteiger partial charge is 0.473 e. The van der Waals surface area contributed by atoms with Crippen molar-refractivity contribution in [3.63, 3.8) is 0 Å². The van der Waals surface area contributed by atoms with E-state index in [4.69, 9.17) is 4.74 Å². The molecule has 0 aliphatic rings. The van der Waals surface area contributed by atoms with Crippen molar-refractivity contribution in [1.29, 1.82) is 0 Å². The highest BCUT2D eigenvalue weighted by Crippen LogP contribution is 2.22. The van der Waals surface area contributed by atoms with E-state index in [1.165, 1.54) is 0 Å². The van der Waals surface area contributed by atoms with Crippen LogP contribution in [0.4, 0.5) is 5.82 Å². The molecule has 1 aromatic rings. The first kappa shape index (κ1) is 12.5. The van der Waals surface area contributed by atoms with Crippen LogP contribution in [0.2, 0.25) is 0 Å². The summed E-state index contributed by atoms with van der Waals surface area (Å²) in [5.41, 5.74) is -0.0981. The monoisotopic (exact) mass is 221 g/mol. The Morgan fingerprint density at radius 3 is 2.62 bits per heavy atom. The first-order chi connectivity index (χ1) is 7.47. The summed E-state index contributed by atoms with van der Waals surface area (Å²) in [6.07, 6.45) is 1.69. The lowest BCUT2D eigenvalue weighted by atomic mass is 9.96. The van der Waals surface area contributed by atoms with Crippen LogP contribution in [-0.4, -0.2) is 23.6 Å². The molecule has 1 heterocycles.